The zero-order chi connectivity index (χ0) is 25.2. The van der Waals surface area contributed by atoms with Gasteiger partial charge in [0.05, 0.1) is 19.0 Å². The van der Waals surface area contributed by atoms with E-state index < -0.39 is 0 Å². The van der Waals surface area contributed by atoms with Gasteiger partial charge in [0.1, 0.15) is 18.1 Å². The number of hydrogen-bond donors (Lipinski definition) is 2. The van der Waals surface area contributed by atoms with Gasteiger partial charge in [-0.25, -0.2) is 4.79 Å². The largest absolute Gasteiger partial charge is 0.497 e. The van der Waals surface area contributed by atoms with Gasteiger partial charge in [-0.1, -0.05) is 18.2 Å². The van der Waals surface area contributed by atoms with Gasteiger partial charge in [0.2, 0.25) is 0 Å². The maximum Gasteiger partial charge on any atom is 0.322 e. The predicted octanol–water partition coefficient (Wildman–Crippen LogP) is 3.62. The van der Waals surface area contributed by atoms with Crippen molar-refractivity contribution in [3.05, 3.63) is 60.4 Å². The van der Waals surface area contributed by atoms with E-state index in [1.165, 1.54) is 0 Å². The molecule has 0 saturated carbocycles. The lowest BCUT2D eigenvalue weighted by atomic mass is 10.1. The van der Waals surface area contributed by atoms with Crippen LogP contribution in [0.4, 0.5) is 10.5 Å². The highest BCUT2D eigenvalue weighted by atomic mass is 16.5. The van der Waals surface area contributed by atoms with Crippen LogP contribution >= 0.6 is 0 Å². The van der Waals surface area contributed by atoms with Crippen LogP contribution in [-0.2, 0) is 6.54 Å². The van der Waals surface area contributed by atoms with Crippen molar-refractivity contribution in [2.75, 3.05) is 66.9 Å². The summed E-state index contributed by atoms with van der Waals surface area (Å²) in [5, 5.41) is 9.94. The number of nitrogens with zero attached hydrogens (tertiary/aromatic N) is 4. The minimum absolute atomic E-state index is 0.191. The fourth-order valence-corrected chi connectivity index (χ4v) is 3.43. The minimum atomic E-state index is -0.191. The topological polar surface area (TPSA) is 86.0 Å². The summed E-state index contributed by atoms with van der Waals surface area (Å²) in [6.45, 7) is 3.02. The Morgan fingerprint density at radius 3 is 2.49 bits per heavy atom. The number of carbonyl (C=O) groups excluding carboxylic acids is 1. The van der Waals surface area contributed by atoms with E-state index in [0.29, 0.717) is 31.1 Å². The Morgan fingerprint density at radius 1 is 1.00 bits per heavy atom. The number of likely N-dealkylation sites (N-methyl/N-ethyl adjacent to an activating group) is 2. The van der Waals surface area contributed by atoms with Gasteiger partial charge in [0.15, 0.2) is 0 Å². The van der Waals surface area contributed by atoms with Gasteiger partial charge < -0.3 is 29.5 Å². The molecule has 35 heavy (non-hydrogen) atoms. The number of nitrogens with one attached hydrogen (secondary N) is 2. The highest BCUT2D eigenvalue weighted by Crippen LogP contribution is 2.31. The van der Waals surface area contributed by atoms with Crippen LogP contribution in [0.25, 0.3) is 11.1 Å². The van der Waals surface area contributed by atoms with Crippen molar-refractivity contribution in [3.63, 3.8) is 0 Å². The van der Waals surface area contributed by atoms with Crippen molar-refractivity contribution >= 4 is 11.7 Å². The number of amides is 2. The summed E-state index contributed by atoms with van der Waals surface area (Å²) in [7, 11) is 9.62. The molecule has 2 aromatic carbocycles. The van der Waals surface area contributed by atoms with Crippen molar-refractivity contribution in [1.29, 1.82) is 0 Å². The average molecular weight is 481 g/mol. The molecule has 9 heteroatoms. The molecule has 0 saturated heterocycles. The summed E-state index contributed by atoms with van der Waals surface area (Å²) < 4.78 is 11.4. The number of rotatable bonds is 12. The molecule has 0 radical (unpaired) electrons. The third-order valence-electron chi connectivity index (χ3n) is 5.46. The van der Waals surface area contributed by atoms with Crippen LogP contribution < -0.4 is 14.8 Å². The SMILES string of the molecule is COc1cccc(CN(CCN(C)C)C(=O)Nc2ccc(-c3cn[nH]c3)cc2OCCN(C)C)c1. The molecule has 0 atom stereocenters. The molecule has 0 unspecified atom stereocenters. The van der Waals surface area contributed by atoms with Crippen molar-refractivity contribution in [2.45, 2.75) is 6.54 Å². The van der Waals surface area contributed by atoms with Crippen LogP contribution in [-0.4, -0.2) is 92.5 Å². The summed E-state index contributed by atoms with van der Waals surface area (Å²) in [5.74, 6) is 1.38. The van der Waals surface area contributed by atoms with Gasteiger partial charge in [-0.05, 0) is 63.6 Å². The lowest BCUT2D eigenvalue weighted by molar-refractivity contribution is 0.202. The van der Waals surface area contributed by atoms with E-state index in [1.54, 1.807) is 18.2 Å². The van der Waals surface area contributed by atoms with Crippen LogP contribution in [0.1, 0.15) is 5.56 Å². The second kappa shape index (κ2) is 12.8. The smallest absolute Gasteiger partial charge is 0.322 e. The molecule has 0 spiro atoms. The van der Waals surface area contributed by atoms with Crippen molar-refractivity contribution < 1.29 is 14.3 Å². The van der Waals surface area contributed by atoms with E-state index in [-0.39, 0.29) is 6.03 Å². The van der Waals surface area contributed by atoms with Gasteiger partial charge in [0.25, 0.3) is 0 Å². The first-order chi connectivity index (χ1) is 16.9. The molecule has 0 aliphatic rings. The first-order valence-corrected chi connectivity index (χ1v) is 11.6. The Bertz CT molecular complexity index is 1070. The molecule has 1 aromatic heterocycles. The standard InChI is InChI=1S/C26H36N6O3/c1-30(2)11-12-32(19-20-7-6-8-23(15-20)34-5)26(33)29-24-10-9-21(22-17-27-28-18-22)16-25(24)35-14-13-31(3)4/h6-10,15-18H,11-14,19H2,1-5H3,(H,27,28)(H,29,33). The maximum atomic E-state index is 13.4. The van der Waals surface area contributed by atoms with Crippen LogP contribution in [0.2, 0.25) is 0 Å². The number of carbonyl (C=O) groups is 1. The van der Waals surface area contributed by atoms with Crippen LogP contribution in [0.3, 0.4) is 0 Å². The Labute approximate surface area is 207 Å². The molecule has 0 bridgehead atoms. The lowest BCUT2D eigenvalue weighted by Gasteiger charge is -2.26. The zero-order valence-electron chi connectivity index (χ0n) is 21.2. The monoisotopic (exact) mass is 480 g/mol. The number of aromatic amines is 1. The number of benzene rings is 2. The van der Waals surface area contributed by atoms with Gasteiger partial charge in [-0.15, -0.1) is 0 Å². The van der Waals surface area contributed by atoms with Crippen molar-refractivity contribution in [3.8, 4) is 22.6 Å². The molecule has 3 rings (SSSR count). The molecular weight excluding hydrogens is 444 g/mol. The van der Waals surface area contributed by atoms with Crippen LogP contribution in [0, 0.1) is 0 Å². The fraction of sp³-hybridized carbons (Fsp3) is 0.385. The number of aromatic nitrogens is 2. The summed E-state index contributed by atoms with van der Waals surface area (Å²) in [6, 6.07) is 13.3. The Kier molecular flexibility index (Phi) is 9.51. The third-order valence-corrected chi connectivity index (χ3v) is 5.46. The number of hydrogen-bond acceptors (Lipinski definition) is 6. The van der Waals surface area contributed by atoms with Crippen LogP contribution in [0.5, 0.6) is 11.5 Å². The average Bonchev–Trinajstić information content (AvgIpc) is 3.37. The van der Waals surface area contributed by atoms with Gasteiger partial charge in [0, 0.05) is 37.9 Å². The molecule has 0 aliphatic heterocycles. The highest BCUT2D eigenvalue weighted by Gasteiger charge is 2.18. The number of anilines is 1. The predicted molar refractivity (Wildman–Crippen MR) is 139 cm³/mol. The molecule has 2 amide bonds. The third kappa shape index (κ3) is 8.01. The normalized spacial score (nSPS) is 11.1. The first kappa shape index (κ1) is 26.1. The number of ether oxygens (including phenoxy) is 2. The van der Waals surface area contributed by atoms with Crippen molar-refractivity contribution in [1.82, 2.24) is 24.9 Å². The molecule has 9 nitrogen and oxygen atoms in total. The first-order valence-electron chi connectivity index (χ1n) is 11.6. The van der Waals surface area contributed by atoms with E-state index in [9.17, 15) is 4.79 Å². The van der Waals surface area contributed by atoms with E-state index in [1.807, 2.05) is 76.9 Å². The number of methoxy groups -OCH3 is 1. The lowest BCUT2D eigenvalue weighted by Crippen LogP contribution is -2.39. The number of H-pyrrole nitrogens is 1. The second-order valence-electron chi connectivity index (χ2n) is 8.86. The molecule has 1 heterocycles. The molecule has 2 N–H and O–H groups in total. The number of urea groups is 1. The zero-order valence-corrected chi connectivity index (χ0v) is 21.2. The summed E-state index contributed by atoms with van der Waals surface area (Å²) in [5.41, 5.74) is 3.53. The van der Waals surface area contributed by atoms with E-state index in [4.69, 9.17) is 9.47 Å². The highest BCUT2D eigenvalue weighted by molar-refractivity contribution is 5.91. The van der Waals surface area contributed by atoms with Gasteiger partial charge >= 0.3 is 6.03 Å². The second-order valence-corrected chi connectivity index (χ2v) is 8.86. The molecular formula is C26H36N6O3. The minimum Gasteiger partial charge on any atom is -0.497 e. The summed E-state index contributed by atoms with van der Waals surface area (Å²) >= 11 is 0. The van der Waals surface area contributed by atoms with E-state index in [2.05, 4.69) is 25.3 Å². The van der Waals surface area contributed by atoms with Crippen molar-refractivity contribution in [2.24, 2.45) is 0 Å². The Hall–Kier alpha value is -3.56. The van der Waals surface area contributed by atoms with Gasteiger partial charge in [-0.3, -0.25) is 5.10 Å². The fourth-order valence-electron chi connectivity index (χ4n) is 3.43. The Morgan fingerprint density at radius 2 is 1.80 bits per heavy atom. The molecule has 188 valence electrons. The molecule has 3 aromatic rings. The summed E-state index contributed by atoms with van der Waals surface area (Å²) in [4.78, 5) is 19.3. The van der Waals surface area contributed by atoms with E-state index in [0.717, 1.165) is 35.5 Å². The Balaban J connectivity index is 1.81. The quantitative estimate of drug-likeness (QED) is 0.412. The molecule has 0 aliphatic carbocycles. The summed E-state index contributed by atoms with van der Waals surface area (Å²) in [6.07, 6.45) is 3.59. The molecule has 0 fully saturated rings. The van der Waals surface area contributed by atoms with Gasteiger partial charge in [-0.2, -0.15) is 5.10 Å². The maximum absolute atomic E-state index is 13.4. The van der Waals surface area contributed by atoms with E-state index >= 15 is 0 Å². The van der Waals surface area contributed by atoms with Crippen LogP contribution in [0.15, 0.2) is 54.9 Å².